The maximum absolute atomic E-state index is 6.61. The first kappa shape index (κ1) is 58.0. The molecular weight excluding hydrogens is 1220 g/mol. The van der Waals surface area contributed by atoms with Crippen molar-refractivity contribution in [2.75, 3.05) is 9.80 Å². The van der Waals surface area contributed by atoms with Crippen molar-refractivity contribution in [3.63, 3.8) is 0 Å². The molecule has 0 amide bonds. The van der Waals surface area contributed by atoms with Crippen LogP contribution in [0.5, 0.6) is 0 Å². The Morgan fingerprint density at radius 1 is 0.228 bits per heavy atom. The van der Waals surface area contributed by atoms with Gasteiger partial charge in [-0.25, -0.2) is 0 Å². The molecule has 0 spiro atoms. The molecule has 101 heavy (non-hydrogen) atoms. The second-order valence-corrected chi connectivity index (χ2v) is 26.6. The van der Waals surface area contributed by atoms with Gasteiger partial charge in [-0.2, -0.15) is 0 Å². The molecule has 0 aliphatic carbocycles. The van der Waals surface area contributed by atoms with Crippen LogP contribution in [-0.4, -0.2) is 11.3 Å². The Balaban J connectivity index is 0.960. The molecule has 0 atom stereocenters. The van der Waals surface area contributed by atoms with E-state index in [4.69, 9.17) is 4.42 Å². The van der Waals surface area contributed by atoms with Crippen molar-refractivity contribution in [2.45, 2.75) is 0 Å². The Morgan fingerprint density at radius 2 is 0.614 bits per heavy atom. The number of hydrogen-bond acceptors (Lipinski definition) is 3. The van der Waals surface area contributed by atoms with Gasteiger partial charge in [0.2, 0.25) is 0 Å². The lowest BCUT2D eigenvalue weighted by Crippen LogP contribution is -2.61. The maximum atomic E-state index is 6.61. The van der Waals surface area contributed by atoms with Crippen LogP contribution in [0, 0.1) is 0 Å². The summed E-state index contributed by atoms with van der Waals surface area (Å²) in [6.07, 6.45) is 0. The van der Waals surface area contributed by atoms with E-state index in [2.05, 4.69) is 390 Å². The highest BCUT2D eigenvalue weighted by atomic mass is 16.3. The number of para-hydroxylation sites is 5. The summed E-state index contributed by atoms with van der Waals surface area (Å²) in [5, 5.41) is 4.59. The largest absolute Gasteiger partial charge is 0.456 e. The van der Waals surface area contributed by atoms with E-state index in [1.54, 1.807) is 0 Å². The van der Waals surface area contributed by atoms with Crippen LogP contribution in [0.3, 0.4) is 0 Å². The highest BCUT2D eigenvalue weighted by Gasteiger charge is 2.46. The van der Waals surface area contributed by atoms with Crippen LogP contribution in [0.25, 0.3) is 138 Å². The summed E-state index contributed by atoms with van der Waals surface area (Å²) in [5.74, 6) is 0. The van der Waals surface area contributed by atoms with Gasteiger partial charge in [0.1, 0.15) is 11.2 Å². The van der Waals surface area contributed by atoms with Gasteiger partial charge in [0.15, 0.2) is 0 Å². The SMILES string of the molecule is c1ccc(-c2ccccc2-c2ccc3c(c2)B2c4cc(-c5cccc6c5c5ccccc5n6-c5ccccc5)ccc4N(c4c(-c5ccccc5)cccc4-c4ccccc4)c4cc(-c5ccc6oc7ccccc7c6c5)cc(c42)N3c2c(-c3ccccc3)cccc2-c2ccccc2)cc1. The Bertz CT molecular complexity index is 6130. The molecule has 20 rings (SSSR count). The van der Waals surface area contributed by atoms with Crippen LogP contribution >= 0.6 is 0 Å². The topological polar surface area (TPSA) is 24.6 Å². The lowest BCUT2D eigenvalue weighted by atomic mass is 9.33. The highest BCUT2D eigenvalue weighted by Crippen LogP contribution is 2.55. The third kappa shape index (κ3) is 9.46. The fraction of sp³-hybridized carbons (Fsp3) is 0. The molecule has 0 saturated heterocycles. The van der Waals surface area contributed by atoms with Crippen LogP contribution in [0.15, 0.2) is 381 Å². The van der Waals surface area contributed by atoms with E-state index in [1.807, 2.05) is 0 Å². The molecule has 18 aromatic rings. The van der Waals surface area contributed by atoms with E-state index in [0.29, 0.717) is 0 Å². The van der Waals surface area contributed by atoms with E-state index in [9.17, 15) is 0 Å². The minimum Gasteiger partial charge on any atom is -0.456 e. The fourth-order valence-electron chi connectivity index (χ4n) is 16.6. The molecule has 16 aromatic carbocycles. The average molecular weight is 1280 g/mol. The second-order valence-electron chi connectivity index (χ2n) is 26.6. The van der Waals surface area contributed by atoms with E-state index in [-0.39, 0.29) is 6.71 Å². The van der Waals surface area contributed by atoms with Gasteiger partial charge in [-0.05, 0) is 150 Å². The van der Waals surface area contributed by atoms with Gasteiger partial charge in [-0.3, -0.25) is 0 Å². The van der Waals surface area contributed by atoms with E-state index in [0.717, 1.165) is 134 Å². The number of benzene rings is 16. The Hall–Kier alpha value is -13.2. The molecule has 0 bridgehead atoms. The van der Waals surface area contributed by atoms with Crippen molar-refractivity contribution < 1.29 is 4.42 Å². The van der Waals surface area contributed by atoms with Crippen molar-refractivity contribution >= 4 is 101 Å². The van der Waals surface area contributed by atoms with Crippen molar-refractivity contribution in [2.24, 2.45) is 0 Å². The third-order valence-corrected chi connectivity index (χ3v) is 21.0. The first-order chi connectivity index (χ1) is 50.1. The maximum Gasteiger partial charge on any atom is 0.252 e. The van der Waals surface area contributed by atoms with E-state index in [1.165, 1.54) is 54.9 Å². The molecule has 2 aromatic heterocycles. The molecule has 0 fully saturated rings. The molecule has 2 aliphatic rings. The summed E-state index contributed by atoms with van der Waals surface area (Å²) in [5.41, 5.74) is 33.5. The predicted molar refractivity (Wildman–Crippen MR) is 426 cm³/mol. The van der Waals surface area contributed by atoms with Crippen LogP contribution in [0.2, 0.25) is 0 Å². The van der Waals surface area contributed by atoms with Gasteiger partial charge in [-0.1, -0.05) is 309 Å². The van der Waals surface area contributed by atoms with E-state index < -0.39 is 0 Å². The molecule has 2 aliphatic heterocycles. The molecule has 5 heteroatoms. The van der Waals surface area contributed by atoms with Gasteiger partial charge >= 0.3 is 0 Å². The van der Waals surface area contributed by atoms with Crippen LogP contribution in [0.1, 0.15) is 0 Å². The number of anilines is 6. The van der Waals surface area contributed by atoms with Crippen molar-refractivity contribution in [1.29, 1.82) is 0 Å². The van der Waals surface area contributed by atoms with Gasteiger partial charge in [0.05, 0.1) is 22.4 Å². The average Bonchev–Trinajstić information content (AvgIpc) is 1.27. The summed E-state index contributed by atoms with van der Waals surface area (Å²) in [4.78, 5) is 5.32. The van der Waals surface area contributed by atoms with Crippen molar-refractivity contribution in [1.82, 2.24) is 4.57 Å². The zero-order valence-electron chi connectivity index (χ0n) is 55.1. The highest BCUT2D eigenvalue weighted by molar-refractivity contribution is 7.00. The number of aromatic nitrogens is 1. The molecule has 0 radical (unpaired) electrons. The number of nitrogens with zero attached hydrogens (tertiary/aromatic N) is 3. The first-order valence-corrected chi connectivity index (χ1v) is 34.8. The monoisotopic (exact) mass is 1280 g/mol. The van der Waals surface area contributed by atoms with Crippen LogP contribution in [-0.2, 0) is 0 Å². The lowest BCUT2D eigenvalue weighted by molar-refractivity contribution is 0.669. The molecule has 0 N–H and O–H groups in total. The molecule has 4 nitrogen and oxygen atoms in total. The van der Waals surface area contributed by atoms with Crippen molar-refractivity contribution in [3.8, 4) is 94.7 Å². The van der Waals surface area contributed by atoms with Crippen LogP contribution in [0.4, 0.5) is 34.1 Å². The Labute approximate surface area is 586 Å². The van der Waals surface area contributed by atoms with Gasteiger partial charge in [-0.15, -0.1) is 0 Å². The smallest absolute Gasteiger partial charge is 0.252 e. The number of fused-ring (bicyclic) bond motifs is 10. The lowest BCUT2D eigenvalue weighted by Gasteiger charge is -2.46. The number of rotatable bonds is 11. The molecule has 470 valence electrons. The van der Waals surface area contributed by atoms with Crippen molar-refractivity contribution in [3.05, 3.63) is 376 Å². The summed E-state index contributed by atoms with van der Waals surface area (Å²) in [7, 11) is 0. The third-order valence-electron chi connectivity index (χ3n) is 21.0. The fourth-order valence-corrected chi connectivity index (χ4v) is 16.6. The normalized spacial score (nSPS) is 12.3. The van der Waals surface area contributed by atoms with Gasteiger partial charge < -0.3 is 18.8 Å². The number of hydrogen-bond donors (Lipinski definition) is 0. The Morgan fingerprint density at radius 3 is 1.15 bits per heavy atom. The molecule has 4 heterocycles. The summed E-state index contributed by atoms with van der Waals surface area (Å²) in [6, 6.07) is 139. The quantitative estimate of drug-likeness (QED) is 0.121. The summed E-state index contributed by atoms with van der Waals surface area (Å²) < 4.78 is 9.05. The standard InChI is InChI=1S/C96H62BN3O/c1-7-28-63(29-8-1)73-40-19-20-41-74(73)69-52-55-86-83(59-69)97-84-60-70(75-44-27-50-88-93(75)81-43-21-23-49-85(81)98(88)72-38-17-6-18-39-72)53-56-87(84)100(96-78(66-34-13-4-14-35-66)47-26-48-79(96)67-36-15-5-16-37-67)90-62-71(68-54-57-92-82(58-68)80-42-22-24-51-91(80)101-92)61-89(94(90)97)99(86)95-76(64-30-9-2-10-31-64)45-25-46-77(95)65-32-11-3-12-33-65/h1-62H. The molecule has 0 saturated carbocycles. The second kappa shape index (κ2) is 23.8. The first-order valence-electron chi connectivity index (χ1n) is 34.8. The summed E-state index contributed by atoms with van der Waals surface area (Å²) >= 11 is 0. The molecular formula is C96H62BN3O. The minimum atomic E-state index is -0.311. The number of furan rings is 1. The summed E-state index contributed by atoms with van der Waals surface area (Å²) in [6.45, 7) is -0.311. The van der Waals surface area contributed by atoms with Gasteiger partial charge in [0, 0.05) is 72.2 Å². The van der Waals surface area contributed by atoms with Crippen LogP contribution < -0.4 is 26.2 Å². The predicted octanol–water partition coefficient (Wildman–Crippen LogP) is 24.1. The van der Waals surface area contributed by atoms with Gasteiger partial charge in [0.25, 0.3) is 6.71 Å². The van der Waals surface area contributed by atoms with E-state index >= 15 is 0 Å². The zero-order valence-corrected chi connectivity index (χ0v) is 55.1. The minimum absolute atomic E-state index is 0.311. The molecule has 0 unspecified atom stereocenters. The Kier molecular flexibility index (Phi) is 13.7. The zero-order chi connectivity index (χ0) is 66.5.